The molecule has 0 aliphatic heterocycles. The van der Waals surface area contributed by atoms with E-state index in [1.54, 1.807) is 0 Å². The number of rotatable bonds is 7. The van der Waals surface area contributed by atoms with Crippen LogP contribution < -0.4 is 10.6 Å². The first-order valence-electron chi connectivity index (χ1n) is 7.42. The SMILES string of the molecule is O=C1C=CC([N+](=O)[O-])=C/C1=C/NCCN/C=C1/C=C([N+](=O)[O-])C=CC1=O.[Mn]. The minimum Gasteiger partial charge on any atom is -0.389 e. The Hall–Kier alpha value is -3.30. The van der Waals surface area contributed by atoms with Crippen LogP contribution in [0.15, 0.2) is 71.4 Å². The minimum absolute atomic E-state index is 0. The first kappa shape index (κ1) is 21.7. The number of nitro groups is 2. The van der Waals surface area contributed by atoms with Crippen LogP contribution in [0.3, 0.4) is 0 Å². The van der Waals surface area contributed by atoms with Gasteiger partial charge in [-0.05, 0) is 12.2 Å². The van der Waals surface area contributed by atoms with E-state index in [9.17, 15) is 29.8 Å². The van der Waals surface area contributed by atoms with E-state index >= 15 is 0 Å². The molecular formula is C16H14MnN4O6. The second kappa shape index (κ2) is 10.00. The van der Waals surface area contributed by atoms with Gasteiger partial charge in [0.1, 0.15) is 0 Å². The van der Waals surface area contributed by atoms with Crippen LogP contribution in [0.2, 0.25) is 0 Å². The minimum atomic E-state index is -0.590. The molecule has 10 nitrogen and oxygen atoms in total. The molecule has 0 bridgehead atoms. The van der Waals surface area contributed by atoms with Crippen LogP contribution in [0, 0.1) is 20.2 Å². The summed E-state index contributed by atoms with van der Waals surface area (Å²) in [5.41, 5.74) is -0.0528. The molecule has 27 heavy (non-hydrogen) atoms. The van der Waals surface area contributed by atoms with Gasteiger partial charge in [-0.1, -0.05) is 0 Å². The number of carbonyl (C=O) groups is 2. The molecule has 0 saturated carbocycles. The maximum absolute atomic E-state index is 11.6. The Kier molecular flexibility index (Phi) is 8.05. The van der Waals surface area contributed by atoms with E-state index < -0.39 is 9.85 Å². The van der Waals surface area contributed by atoms with Crippen molar-refractivity contribution in [3.8, 4) is 0 Å². The van der Waals surface area contributed by atoms with Crippen molar-refractivity contribution in [1.29, 1.82) is 0 Å². The third-order valence-electron chi connectivity index (χ3n) is 3.34. The topological polar surface area (TPSA) is 144 Å². The summed E-state index contributed by atoms with van der Waals surface area (Å²) in [5.74, 6) is -0.703. The van der Waals surface area contributed by atoms with Crippen molar-refractivity contribution in [3.63, 3.8) is 0 Å². The molecule has 0 aromatic rings. The molecule has 0 amide bonds. The number of nitrogens with zero attached hydrogens (tertiary/aromatic N) is 2. The standard InChI is InChI=1S/C16H14N4O6.Mn/c21-15-3-1-13(19(23)24)7-11(15)9-17-5-6-18-10-12-8-14(20(25)26)2-4-16(12)22;/h1-4,7-10,17-18H,5-6H2;/b11-9-,12-10-;. The number of nitrogens with one attached hydrogen (secondary N) is 2. The molecule has 0 atom stereocenters. The number of hydrogen-bond acceptors (Lipinski definition) is 8. The monoisotopic (exact) mass is 413 g/mol. The van der Waals surface area contributed by atoms with Gasteiger partial charge in [0.05, 0.1) is 9.85 Å². The molecule has 2 rings (SSSR count). The van der Waals surface area contributed by atoms with Gasteiger partial charge in [0.15, 0.2) is 11.6 Å². The summed E-state index contributed by atoms with van der Waals surface area (Å²) >= 11 is 0. The fraction of sp³-hybridized carbons (Fsp3) is 0.125. The number of ketones is 2. The van der Waals surface area contributed by atoms with Gasteiger partial charge >= 0.3 is 0 Å². The fourth-order valence-electron chi connectivity index (χ4n) is 2.03. The van der Waals surface area contributed by atoms with E-state index in [1.165, 1.54) is 24.6 Å². The predicted octanol–water partition coefficient (Wildman–Crippen LogP) is 0.530. The number of carbonyl (C=O) groups excluding carboxylic acids is 2. The van der Waals surface area contributed by atoms with E-state index in [2.05, 4.69) is 10.6 Å². The van der Waals surface area contributed by atoms with Crippen molar-refractivity contribution in [2.75, 3.05) is 13.1 Å². The summed E-state index contributed by atoms with van der Waals surface area (Å²) in [4.78, 5) is 43.4. The zero-order valence-corrected chi connectivity index (χ0v) is 14.9. The summed E-state index contributed by atoms with van der Waals surface area (Å²) in [5, 5.41) is 27.0. The normalized spacial score (nSPS) is 18.7. The summed E-state index contributed by atoms with van der Waals surface area (Å²) in [7, 11) is 0. The molecule has 0 aromatic heterocycles. The van der Waals surface area contributed by atoms with Crippen LogP contribution in [-0.4, -0.2) is 34.5 Å². The Morgan fingerprint density at radius 1 is 0.778 bits per heavy atom. The van der Waals surface area contributed by atoms with Gasteiger partial charge in [-0.3, -0.25) is 29.8 Å². The van der Waals surface area contributed by atoms with Crippen LogP contribution in [-0.2, 0) is 26.7 Å². The van der Waals surface area contributed by atoms with Crippen molar-refractivity contribution in [2.45, 2.75) is 0 Å². The molecule has 0 saturated heterocycles. The summed E-state index contributed by atoms with van der Waals surface area (Å²) in [6.45, 7) is 0.698. The average molecular weight is 413 g/mol. The van der Waals surface area contributed by atoms with Crippen LogP contribution >= 0.6 is 0 Å². The summed E-state index contributed by atoms with van der Waals surface area (Å²) in [6, 6.07) is 0. The van der Waals surface area contributed by atoms with Crippen LogP contribution in [0.1, 0.15) is 0 Å². The Labute approximate surface area is 163 Å². The van der Waals surface area contributed by atoms with E-state index in [1.807, 2.05) is 0 Å². The quantitative estimate of drug-likeness (QED) is 0.202. The summed E-state index contributed by atoms with van der Waals surface area (Å²) in [6.07, 6.45) is 9.58. The van der Waals surface area contributed by atoms with Crippen LogP contribution in [0.4, 0.5) is 0 Å². The number of allylic oxidation sites excluding steroid dienone is 8. The van der Waals surface area contributed by atoms with Crippen molar-refractivity contribution >= 4 is 11.6 Å². The first-order valence-corrected chi connectivity index (χ1v) is 7.42. The Morgan fingerprint density at radius 3 is 1.48 bits per heavy atom. The second-order valence-corrected chi connectivity index (χ2v) is 5.16. The molecule has 0 spiro atoms. The second-order valence-electron chi connectivity index (χ2n) is 5.16. The van der Waals surface area contributed by atoms with Crippen LogP contribution in [0.5, 0.6) is 0 Å². The van der Waals surface area contributed by atoms with Gasteiger partial charge in [-0.2, -0.15) is 0 Å². The fourth-order valence-corrected chi connectivity index (χ4v) is 2.03. The molecule has 2 aliphatic rings. The molecule has 1 radical (unpaired) electrons. The zero-order chi connectivity index (χ0) is 19.1. The van der Waals surface area contributed by atoms with E-state index in [-0.39, 0.29) is 51.2 Å². The van der Waals surface area contributed by atoms with Gasteiger partial charge in [-0.25, -0.2) is 0 Å². The van der Waals surface area contributed by atoms with Crippen molar-refractivity contribution < 1.29 is 36.5 Å². The Balaban J connectivity index is 0.00000364. The summed E-state index contributed by atoms with van der Waals surface area (Å²) < 4.78 is 0. The van der Waals surface area contributed by atoms with E-state index in [4.69, 9.17) is 0 Å². The van der Waals surface area contributed by atoms with Crippen molar-refractivity contribution in [3.05, 3.63) is 91.6 Å². The molecule has 11 heteroatoms. The molecular weight excluding hydrogens is 399 g/mol. The molecule has 0 fully saturated rings. The maximum atomic E-state index is 11.6. The predicted molar refractivity (Wildman–Crippen MR) is 90.6 cm³/mol. The van der Waals surface area contributed by atoms with Gasteiger partial charge in [0, 0.05) is 78.0 Å². The first-order chi connectivity index (χ1) is 12.4. The largest absolute Gasteiger partial charge is 0.389 e. The van der Waals surface area contributed by atoms with Crippen molar-refractivity contribution in [1.82, 2.24) is 10.6 Å². The van der Waals surface area contributed by atoms with E-state index in [0.717, 1.165) is 24.3 Å². The van der Waals surface area contributed by atoms with E-state index in [0.29, 0.717) is 13.1 Å². The molecule has 2 N–H and O–H groups in total. The molecule has 0 heterocycles. The number of hydrogen-bond donors (Lipinski definition) is 2. The maximum Gasteiger partial charge on any atom is 0.270 e. The molecule has 2 aliphatic carbocycles. The van der Waals surface area contributed by atoms with Gasteiger partial charge in [-0.15, -0.1) is 0 Å². The molecule has 141 valence electrons. The van der Waals surface area contributed by atoms with Crippen LogP contribution in [0.25, 0.3) is 0 Å². The van der Waals surface area contributed by atoms with Gasteiger partial charge in [0.25, 0.3) is 11.4 Å². The smallest absolute Gasteiger partial charge is 0.270 e. The third kappa shape index (κ3) is 6.17. The zero-order valence-electron chi connectivity index (χ0n) is 13.8. The van der Waals surface area contributed by atoms with Gasteiger partial charge < -0.3 is 10.6 Å². The van der Waals surface area contributed by atoms with Crippen molar-refractivity contribution in [2.24, 2.45) is 0 Å². The average Bonchev–Trinajstić information content (AvgIpc) is 2.60. The Bertz CT molecular complexity index is 781. The molecule has 0 aromatic carbocycles. The molecule has 0 unspecified atom stereocenters. The third-order valence-corrected chi connectivity index (χ3v) is 3.34. The Morgan fingerprint density at radius 2 is 1.15 bits per heavy atom. The van der Waals surface area contributed by atoms with Gasteiger partial charge in [0.2, 0.25) is 0 Å².